The van der Waals surface area contributed by atoms with Crippen LogP contribution in [-0.2, 0) is 0 Å². The summed E-state index contributed by atoms with van der Waals surface area (Å²) in [4.78, 5) is 34.2. The minimum absolute atomic E-state index is 0.00207. The van der Waals surface area contributed by atoms with Gasteiger partial charge in [0.2, 0.25) is 0 Å². The van der Waals surface area contributed by atoms with E-state index in [4.69, 9.17) is 24.4 Å². The van der Waals surface area contributed by atoms with Crippen LogP contribution in [0.4, 0.5) is 0 Å². The Morgan fingerprint density at radius 2 is 1.16 bits per heavy atom. The van der Waals surface area contributed by atoms with Gasteiger partial charge in [-0.2, -0.15) is 0 Å². The van der Waals surface area contributed by atoms with Crippen LogP contribution in [0.3, 0.4) is 0 Å². The number of rotatable bonds is 10. The van der Waals surface area contributed by atoms with E-state index < -0.39 is 11.9 Å². The molecule has 3 aromatic rings. The van der Waals surface area contributed by atoms with Crippen LogP contribution in [0, 0.1) is 0 Å². The third-order valence-electron chi connectivity index (χ3n) is 3.92. The summed E-state index contributed by atoms with van der Waals surface area (Å²) in [6, 6.07) is 11.2. The molecule has 0 saturated carbocycles. The molecular weight excluding hydrogens is 406 g/mol. The molecule has 0 radical (unpaired) electrons. The molecule has 10 heteroatoms. The Labute approximate surface area is 177 Å². The number of nitrogens with zero attached hydrogens (tertiary/aromatic N) is 3. The fourth-order valence-corrected chi connectivity index (χ4v) is 2.33. The summed E-state index contributed by atoms with van der Waals surface area (Å²) in [5.74, 6) is -1.48. The van der Waals surface area contributed by atoms with Crippen molar-refractivity contribution in [2.75, 3.05) is 6.61 Å². The summed E-state index contributed by atoms with van der Waals surface area (Å²) in [5, 5.41) is 18.0. The van der Waals surface area contributed by atoms with Crippen molar-refractivity contribution in [3.05, 3.63) is 59.7 Å². The van der Waals surface area contributed by atoms with Crippen LogP contribution in [0.15, 0.2) is 48.5 Å². The molecule has 2 aromatic carbocycles. The SMILES string of the molecule is CCCCOc1nc(Oc2ccc(C(=O)O)cc2)nc(Oc2ccc(C(=O)O)cc2)n1. The normalized spacial score (nSPS) is 10.4. The summed E-state index contributed by atoms with van der Waals surface area (Å²) in [6.45, 7) is 2.40. The minimum atomic E-state index is -1.05. The number of carboxylic acid groups (broad SMARTS) is 2. The van der Waals surface area contributed by atoms with Gasteiger partial charge in [-0.3, -0.25) is 0 Å². The van der Waals surface area contributed by atoms with E-state index in [1.54, 1.807) is 0 Å². The zero-order valence-electron chi connectivity index (χ0n) is 16.5. The van der Waals surface area contributed by atoms with Crippen LogP contribution < -0.4 is 14.2 Å². The van der Waals surface area contributed by atoms with E-state index in [9.17, 15) is 9.59 Å². The molecule has 0 saturated heterocycles. The van der Waals surface area contributed by atoms with Gasteiger partial charge in [0.05, 0.1) is 17.7 Å². The number of hydrogen-bond donors (Lipinski definition) is 2. The van der Waals surface area contributed by atoms with Crippen LogP contribution in [0.5, 0.6) is 29.5 Å². The van der Waals surface area contributed by atoms with Crippen molar-refractivity contribution in [3.63, 3.8) is 0 Å². The van der Waals surface area contributed by atoms with Crippen molar-refractivity contribution in [3.8, 4) is 29.5 Å². The number of unbranched alkanes of at least 4 members (excludes halogenated alkanes) is 1. The number of carbonyl (C=O) groups is 2. The zero-order chi connectivity index (χ0) is 22.2. The first-order valence-electron chi connectivity index (χ1n) is 9.36. The maximum Gasteiger partial charge on any atom is 0.335 e. The molecular formula is C21H19N3O7. The highest BCUT2D eigenvalue weighted by Crippen LogP contribution is 2.25. The summed E-state index contributed by atoms with van der Waals surface area (Å²) in [5.41, 5.74) is 0.223. The Morgan fingerprint density at radius 3 is 1.55 bits per heavy atom. The Morgan fingerprint density at radius 1 is 0.742 bits per heavy atom. The molecule has 0 spiro atoms. The molecule has 1 aromatic heterocycles. The van der Waals surface area contributed by atoms with Crippen LogP contribution >= 0.6 is 0 Å². The molecule has 1 heterocycles. The quantitative estimate of drug-likeness (QED) is 0.457. The van der Waals surface area contributed by atoms with Gasteiger partial charge in [-0.1, -0.05) is 13.3 Å². The molecule has 0 unspecified atom stereocenters. The smallest absolute Gasteiger partial charge is 0.335 e. The average Bonchev–Trinajstić information content (AvgIpc) is 2.74. The van der Waals surface area contributed by atoms with Gasteiger partial charge >= 0.3 is 30.0 Å². The van der Waals surface area contributed by atoms with Crippen molar-refractivity contribution in [2.24, 2.45) is 0 Å². The maximum atomic E-state index is 11.0. The van der Waals surface area contributed by atoms with Gasteiger partial charge in [-0.05, 0) is 55.0 Å². The lowest BCUT2D eigenvalue weighted by Gasteiger charge is -2.10. The fraction of sp³-hybridized carbons (Fsp3) is 0.190. The van der Waals surface area contributed by atoms with Crippen LogP contribution in [0.25, 0.3) is 0 Å². The van der Waals surface area contributed by atoms with E-state index in [-0.39, 0.29) is 29.2 Å². The molecule has 160 valence electrons. The molecule has 31 heavy (non-hydrogen) atoms. The number of ether oxygens (including phenoxy) is 3. The number of aromatic carboxylic acids is 2. The van der Waals surface area contributed by atoms with Crippen LogP contribution in [0.2, 0.25) is 0 Å². The van der Waals surface area contributed by atoms with Crippen LogP contribution in [-0.4, -0.2) is 43.7 Å². The molecule has 0 aliphatic heterocycles. The van der Waals surface area contributed by atoms with E-state index in [0.29, 0.717) is 18.1 Å². The van der Waals surface area contributed by atoms with E-state index >= 15 is 0 Å². The van der Waals surface area contributed by atoms with Gasteiger partial charge in [-0.15, -0.1) is 15.0 Å². The second kappa shape index (κ2) is 10.0. The van der Waals surface area contributed by atoms with E-state index in [1.165, 1.54) is 48.5 Å². The first-order valence-corrected chi connectivity index (χ1v) is 9.36. The molecule has 3 rings (SSSR count). The minimum Gasteiger partial charge on any atom is -0.478 e. The van der Waals surface area contributed by atoms with Crippen molar-refractivity contribution < 1.29 is 34.0 Å². The predicted octanol–water partition coefficient (Wildman–Crippen LogP) is 4.03. The molecule has 0 atom stereocenters. The molecule has 0 bridgehead atoms. The number of hydrogen-bond acceptors (Lipinski definition) is 8. The highest BCUT2D eigenvalue weighted by atomic mass is 16.5. The van der Waals surface area contributed by atoms with E-state index in [1.807, 2.05) is 6.92 Å². The Bertz CT molecular complexity index is 976. The Kier molecular flexibility index (Phi) is 6.94. The molecule has 0 aliphatic rings. The first kappa shape index (κ1) is 21.5. The summed E-state index contributed by atoms with van der Waals surface area (Å²) in [6.07, 6.45) is 1.72. The van der Waals surface area contributed by atoms with Crippen LogP contribution in [0.1, 0.15) is 40.5 Å². The van der Waals surface area contributed by atoms with Gasteiger partial charge in [-0.25, -0.2) is 9.59 Å². The predicted molar refractivity (Wildman–Crippen MR) is 107 cm³/mol. The van der Waals surface area contributed by atoms with Crippen molar-refractivity contribution in [1.82, 2.24) is 15.0 Å². The molecule has 0 amide bonds. The lowest BCUT2D eigenvalue weighted by atomic mass is 10.2. The van der Waals surface area contributed by atoms with Gasteiger partial charge in [0.15, 0.2) is 0 Å². The average molecular weight is 425 g/mol. The third-order valence-corrected chi connectivity index (χ3v) is 3.92. The molecule has 2 N–H and O–H groups in total. The lowest BCUT2D eigenvalue weighted by molar-refractivity contribution is 0.0686. The molecule has 10 nitrogen and oxygen atoms in total. The standard InChI is InChI=1S/C21H19N3O7/c1-2-3-12-29-19-22-20(30-15-8-4-13(5-9-15)17(25)26)24-21(23-19)31-16-10-6-14(7-11-16)18(27)28/h4-11H,2-3,12H2,1H3,(H,25,26)(H,27,28). The van der Waals surface area contributed by atoms with Gasteiger partial charge in [0.25, 0.3) is 0 Å². The number of carboxylic acids is 2. The number of benzene rings is 2. The highest BCUT2D eigenvalue weighted by Gasteiger charge is 2.13. The second-order valence-corrected chi connectivity index (χ2v) is 6.25. The maximum absolute atomic E-state index is 11.0. The summed E-state index contributed by atoms with van der Waals surface area (Å²) < 4.78 is 16.7. The second-order valence-electron chi connectivity index (χ2n) is 6.25. The van der Waals surface area contributed by atoms with Crippen molar-refractivity contribution in [1.29, 1.82) is 0 Å². The van der Waals surface area contributed by atoms with Crippen molar-refractivity contribution in [2.45, 2.75) is 19.8 Å². The highest BCUT2D eigenvalue weighted by molar-refractivity contribution is 5.88. The monoisotopic (exact) mass is 425 g/mol. The topological polar surface area (TPSA) is 141 Å². The zero-order valence-corrected chi connectivity index (χ0v) is 16.5. The van der Waals surface area contributed by atoms with Crippen molar-refractivity contribution >= 4 is 11.9 Å². The van der Waals surface area contributed by atoms with E-state index in [2.05, 4.69) is 15.0 Å². The number of aromatic nitrogens is 3. The Balaban J connectivity index is 1.82. The van der Waals surface area contributed by atoms with E-state index in [0.717, 1.165) is 12.8 Å². The largest absolute Gasteiger partial charge is 0.478 e. The summed E-state index contributed by atoms with van der Waals surface area (Å²) >= 11 is 0. The third kappa shape index (κ3) is 6.13. The summed E-state index contributed by atoms with van der Waals surface area (Å²) in [7, 11) is 0. The fourth-order valence-electron chi connectivity index (χ4n) is 2.33. The van der Waals surface area contributed by atoms with Gasteiger partial charge in [0.1, 0.15) is 11.5 Å². The van der Waals surface area contributed by atoms with Gasteiger partial charge in [0, 0.05) is 0 Å². The molecule has 0 fully saturated rings. The Hall–Kier alpha value is -4.21. The molecule has 0 aliphatic carbocycles. The first-order chi connectivity index (χ1) is 14.9. The van der Waals surface area contributed by atoms with Gasteiger partial charge < -0.3 is 24.4 Å². The lowest BCUT2D eigenvalue weighted by Crippen LogP contribution is -2.05.